The largest absolute Gasteiger partial charge is 0.493 e. The van der Waals surface area contributed by atoms with Gasteiger partial charge in [-0.25, -0.2) is 0 Å². The van der Waals surface area contributed by atoms with E-state index in [0.29, 0.717) is 23.7 Å². The monoisotopic (exact) mass is 311 g/mol. The molecule has 0 aliphatic heterocycles. The van der Waals surface area contributed by atoms with Gasteiger partial charge in [-0.05, 0) is 25.0 Å². The molecule has 0 radical (unpaired) electrons. The van der Waals surface area contributed by atoms with E-state index in [1.165, 1.54) is 28.3 Å². The second-order valence-corrected chi connectivity index (χ2v) is 4.62. The third-order valence-electron chi connectivity index (χ3n) is 3.16. The van der Waals surface area contributed by atoms with Gasteiger partial charge in [0, 0.05) is 6.42 Å². The van der Waals surface area contributed by atoms with Gasteiger partial charge in [-0.15, -0.1) is 0 Å². The lowest BCUT2D eigenvalue weighted by Crippen LogP contribution is -2.38. The number of nitrogens with one attached hydrogen (secondary N) is 1. The molecule has 1 aromatic carbocycles. The third kappa shape index (κ3) is 4.28. The minimum atomic E-state index is -1.07. The predicted molar refractivity (Wildman–Crippen MR) is 79.7 cm³/mol. The minimum Gasteiger partial charge on any atom is -0.493 e. The molecule has 0 fully saturated rings. The molecule has 0 saturated carbocycles. The maximum absolute atomic E-state index is 11.7. The molecule has 0 saturated heterocycles. The van der Waals surface area contributed by atoms with Crippen molar-refractivity contribution in [3.63, 3.8) is 0 Å². The Morgan fingerprint density at radius 1 is 1.14 bits per heavy atom. The number of methoxy groups -OCH3 is 3. The summed E-state index contributed by atoms with van der Waals surface area (Å²) in [6, 6.07) is 2.60. The average Bonchev–Trinajstić information content (AvgIpc) is 2.51. The Morgan fingerprint density at radius 2 is 1.77 bits per heavy atom. The molecule has 0 aliphatic rings. The zero-order valence-corrected chi connectivity index (χ0v) is 13.1. The first-order chi connectivity index (χ1) is 10.4. The SMILES string of the molecule is COc1ccc(CCC(=O)N[C@@H](C)C(=O)O)c(OC)c1OC. The van der Waals surface area contributed by atoms with Gasteiger partial charge in [-0.1, -0.05) is 6.07 Å². The Labute approximate surface area is 129 Å². The second kappa shape index (κ2) is 8.11. The fraction of sp³-hybridized carbons (Fsp3) is 0.467. The highest BCUT2D eigenvalue weighted by Crippen LogP contribution is 2.40. The smallest absolute Gasteiger partial charge is 0.325 e. The number of aliphatic carboxylic acids is 1. The van der Waals surface area contributed by atoms with Crippen LogP contribution in [0, 0.1) is 0 Å². The highest BCUT2D eigenvalue weighted by Gasteiger charge is 2.18. The van der Waals surface area contributed by atoms with Crippen LogP contribution in [0.5, 0.6) is 17.2 Å². The second-order valence-electron chi connectivity index (χ2n) is 4.62. The zero-order valence-electron chi connectivity index (χ0n) is 13.1. The van der Waals surface area contributed by atoms with Gasteiger partial charge in [-0.3, -0.25) is 9.59 Å². The van der Waals surface area contributed by atoms with Gasteiger partial charge in [0.25, 0.3) is 0 Å². The summed E-state index contributed by atoms with van der Waals surface area (Å²) >= 11 is 0. The van der Waals surface area contributed by atoms with Gasteiger partial charge < -0.3 is 24.6 Å². The van der Waals surface area contributed by atoms with Crippen LogP contribution in [0.1, 0.15) is 18.9 Å². The lowest BCUT2D eigenvalue weighted by molar-refractivity contribution is -0.141. The molecule has 1 amide bonds. The van der Waals surface area contributed by atoms with Gasteiger partial charge in [-0.2, -0.15) is 0 Å². The Balaban J connectivity index is 2.81. The first-order valence-corrected chi connectivity index (χ1v) is 6.74. The number of carboxylic acid groups (broad SMARTS) is 1. The summed E-state index contributed by atoms with van der Waals surface area (Å²) in [7, 11) is 4.54. The van der Waals surface area contributed by atoms with Crippen LogP contribution in [0.4, 0.5) is 0 Å². The fourth-order valence-electron chi connectivity index (χ4n) is 1.98. The van der Waals surface area contributed by atoms with Crippen LogP contribution in [0.25, 0.3) is 0 Å². The number of amides is 1. The van der Waals surface area contributed by atoms with E-state index in [4.69, 9.17) is 19.3 Å². The number of aryl methyl sites for hydroxylation is 1. The number of carboxylic acids is 1. The van der Waals surface area contributed by atoms with Gasteiger partial charge in [0.1, 0.15) is 6.04 Å². The van der Waals surface area contributed by atoms with Crippen molar-refractivity contribution in [3.05, 3.63) is 17.7 Å². The molecule has 0 spiro atoms. The molecule has 0 bridgehead atoms. The fourth-order valence-corrected chi connectivity index (χ4v) is 1.98. The number of hydrogen-bond acceptors (Lipinski definition) is 5. The van der Waals surface area contributed by atoms with Gasteiger partial charge >= 0.3 is 5.97 Å². The summed E-state index contributed by atoms with van der Waals surface area (Å²) in [4.78, 5) is 22.4. The number of carbonyl (C=O) groups is 2. The summed E-state index contributed by atoms with van der Waals surface area (Å²) in [6.07, 6.45) is 0.533. The van der Waals surface area contributed by atoms with Crippen molar-refractivity contribution in [1.82, 2.24) is 5.32 Å². The van der Waals surface area contributed by atoms with Gasteiger partial charge in [0.05, 0.1) is 21.3 Å². The number of benzene rings is 1. The normalized spacial score (nSPS) is 11.5. The number of ether oxygens (including phenoxy) is 3. The molecule has 7 nitrogen and oxygen atoms in total. The number of rotatable bonds is 8. The van der Waals surface area contributed by atoms with Crippen molar-refractivity contribution in [2.24, 2.45) is 0 Å². The minimum absolute atomic E-state index is 0.142. The molecule has 22 heavy (non-hydrogen) atoms. The third-order valence-corrected chi connectivity index (χ3v) is 3.16. The quantitative estimate of drug-likeness (QED) is 0.750. The summed E-state index contributed by atoms with van der Waals surface area (Å²) in [5.41, 5.74) is 0.776. The highest BCUT2D eigenvalue weighted by molar-refractivity contribution is 5.83. The topological polar surface area (TPSA) is 94.1 Å². The van der Waals surface area contributed by atoms with Crippen molar-refractivity contribution in [2.75, 3.05) is 21.3 Å². The highest BCUT2D eigenvalue weighted by atomic mass is 16.5. The lowest BCUT2D eigenvalue weighted by Gasteiger charge is -2.16. The predicted octanol–water partition coefficient (Wildman–Crippen LogP) is 1.23. The van der Waals surface area contributed by atoms with Crippen LogP contribution in [-0.4, -0.2) is 44.4 Å². The molecule has 7 heteroatoms. The summed E-state index contributed by atoms with van der Waals surface area (Å²) in [5, 5.41) is 11.2. The van der Waals surface area contributed by atoms with Crippen LogP contribution in [0.3, 0.4) is 0 Å². The standard InChI is InChI=1S/C15H21NO6/c1-9(15(18)19)16-12(17)8-6-10-5-7-11(20-2)14(22-4)13(10)21-3/h5,7,9H,6,8H2,1-4H3,(H,16,17)(H,18,19)/t9-/m0/s1. The van der Waals surface area contributed by atoms with Crippen LogP contribution >= 0.6 is 0 Å². The molecule has 122 valence electrons. The Morgan fingerprint density at radius 3 is 2.27 bits per heavy atom. The number of hydrogen-bond donors (Lipinski definition) is 2. The van der Waals surface area contributed by atoms with Gasteiger partial charge in [0.2, 0.25) is 11.7 Å². The van der Waals surface area contributed by atoms with E-state index < -0.39 is 12.0 Å². The van der Waals surface area contributed by atoms with E-state index in [1.54, 1.807) is 12.1 Å². The number of carbonyl (C=O) groups excluding carboxylic acids is 1. The van der Waals surface area contributed by atoms with Crippen molar-refractivity contribution in [2.45, 2.75) is 25.8 Å². The van der Waals surface area contributed by atoms with Crippen LogP contribution in [0.2, 0.25) is 0 Å². The van der Waals surface area contributed by atoms with Crippen LogP contribution in [0.15, 0.2) is 12.1 Å². The lowest BCUT2D eigenvalue weighted by atomic mass is 10.1. The van der Waals surface area contributed by atoms with Crippen LogP contribution in [-0.2, 0) is 16.0 Å². The van der Waals surface area contributed by atoms with E-state index in [-0.39, 0.29) is 12.3 Å². The molecule has 0 aromatic heterocycles. The van der Waals surface area contributed by atoms with E-state index in [2.05, 4.69) is 5.32 Å². The Bertz CT molecular complexity index is 543. The zero-order chi connectivity index (χ0) is 16.7. The van der Waals surface area contributed by atoms with Crippen molar-refractivity contribution in [1.29, 1.82) is 0 Å². The Kier molecular flexibility index (Phi) is 6.49. The van der Waals surface area contributed by atoms with E-state index >= 15 is 0 Å². The Hall–Kier alpha value is -2.44. The first-order valence-electron chi connectivity index (χ1n) is 6.74. The van der Waals surface area contributed by atoms with Crippen molar-refractivity contribution < 1.29 is 28.9 Å². The van der Waals surface area contributed by atoms with Crippen molar-refractivity contribution in [3.8, 4) is 17.2 Å². The molecule has 0 unspecified atom stereocenters. The molecule has 0 heterocycles. The van der Waals surface area contributed by atoms with Crippen LogP contribution < -0.4 is 19.5 Å². The van der Waals surface area contributed by atoms with E-state index in [1.807, 2.05) is 0 Å². The molecule has 1 rings (SSSR count). The summed E-state index contributed by atoms with van der Waals surface area (Å²) < 4.78 is 15.8. The summed E-state index contributed by atoms with van der Waals surface area (Å²) in [6.45, 7) is 1.41. The average molecular weight is 311 g/mol. The maximum Gasteiger partial charge on any atom is 0.325 e. The molecular formula is C15H21NO6. The van der Waals surface area contributed by atoms with Crippen molar-refractivity contribution >= 4 is 11.9 Å². The van der Waals surface area contributed by atoms with E-state index in [0.717, 1.165) is 5.56 Å². The first kappa shape index (κ1) is 17.6. The maximum atomic E-state index is 11.7. The molecule has 1 aromatic rings. The van der Waals surface area contributed by atoms with E-state index in [9.17, 15) is 9.59 Å². The van der Waals surface area contributed by atoms with Gasteiger partial charge in [0.15, 0.2) is 11.5 Å². The molecule has 1 atom stereocenters. The summed E-state index contributed by atoms with van der Waals surface area (Å²) in [5.74, 6) is 0.0820. The molecule has 0 aliphatic carbocycles. The molecule has 2 N–H and O–H groups in total. The molecular weight excluding hydrogens is 290 g/mol.